The number of hydrogen-bond donors (Lipinski definition) is 2. The van der Waals surface area contributed by atoms with Gasteiger partial charge in [-0.15, -0.1) is 5.06 Å². The molecule has 4 rings (SSSR count). The van der Waals surface area contributed by atoms with Crippen molar-refractivity contribution in [2.45, 2.75) is 25.8 Å². The van der Waals surface area contributed by atoms with Crippen molar-refractivity contribution in [3.8, 4) is 22.6 Å². The Balaban J connectivity index is 1.56. The van der Waals surface area contributed by atoms with Crippen LogP contribution in [-0.4, -0.2) is 87.8 Å². The number of halogens is 1. The van der Waals surface area contributed by atoms with Gasteiger partial charge in [0.05, 0.1) is 25.4 Å². The van der Waals surface area contributed by atoms with E-state index in [-0.39, 0.29) is 51.3 Å². The van der Waals surface area contributed by atoms with Crippen molar-refractivity contribution in [2.75, 3.05) is 32.8 Å². The number of carbonyl (C=O) groups is 4. The number of piperazine rings is 1. The first-order valence-corrected chi connectivity index (χ1v) is 13.7. The monoisotopic (exact) mass is 595 g/mol. The standard InChI is InChI=1S/C29H30ClN5O7/c1-2-41-29(40)42-35-15-13-34(14-16-35)28(39)22(11-12-25(36)37)33-27(38)24-18-23(20-9-6-10-21(30)17-20)31-26(32-24)19-7-4-3-5-8-19/h3-10,17-18,22H,2,11-16H2,1H3,(H,33,38)(H,36,37)/t22-/m0/s1. The minimum absolute atomic E-state index is 0.000362. The van der Waals surface area contributed by atoms with Crippen LogP contribution in [0.4, 0.5) is 4.79 Å². The molecule has 1 atom stereocenters. The van der Waals surface area contributed by atoms with Gasteiger partial charge in [-0.1, -0.05) is 54.1 Å². The van der Waals surface area contributed by atoms with E-state index < -0.39 is 30.0 Å². The molecule has 3 aromatic rings. The highest BCUT2D eigenvalue weighted by Gasteiger charge is 2.31. The molecule has 1 fully saturated rings. The lowest BCUT2D eigenvalue weighted by molar-refractivity contribution is -0.157. The number of hydroxylamine groups is 2. The van der Waals surface area contributed by atoms with Crippen LogP contribution in [0.1, 0.15) is 30.3 Å². The number of rotatable bonds is 10. The number of amides is 2. The SMILES string of the molecule is CCOC(=O)ON1CCN(C(=O)[C@H](CCC(=O)O)NC(=O)c2cc(-c3cccc(Cl)c3)nc(-c3ccccc3)n2)CC1. The van der Waals surface area contributed by atoms with Gasteiger partial charge in [0.15, 0.2) is 5.82 Å². The van der Waals surface area contributed by atoms with Gasteiger partial charge in [0, 0.05) is 35.7 Å². The van der Waals surface area contributed by atoms with Gasteiger partial charge in [0.2, 0.25) is 5.91 Å². The number of carboxylic acids is 1. The lowest BCUT2D eigenvalue weighted by atomic mass is 10.1. The van der Waals surface area contributed by atoms with Crippen LogP contribution in [0, 0.1) is 0 Å². The third kappa shape index (κ3) is 8.24. The number of nitrogens with zero attached hydrogens (tertiary/aromatic N) is 4. The summed E-state index contributed by atoms with van der Waals surface area (Å²) in [4.78, 5) is 65.6. The number of ether oxygens (including phenoxy) is 1. The van der Waals surface area contributed by atoms with Crippen molar-refractivity contribution in [3.05, 3.63) is 71.4 Å². The molecule has 0 radical (unpaired) electrons. The zero-order valence-electron chi connectivity index (χ0n) is 22.9. The molecular weight excluding hydrogens is 566 g/mol. The van der Waals surface area contributed by atoms with Crippen LogP contribution in [0.2, 0.25) is 5.02 Å². The maximum atomic E-state index is 13.5. The second-order valence-corrected chi connectivity index (χ2v) is 9.76. The molecular formula is C29H30ClN5O7. The first-order chi connectivity index (χ1) is 20.2. The molecule has 0 unspecified atom stereocenters. The van der Waals surface area contributed by atoms with E-state index in [0.717, 1.165) is 0 Å². The predicted molar refractivity (Wildman–Crippen MR) is 152 cm³/mol. The molecule has 1 aromatic heterocycles. The lowest BCUT2D eigenvalue weighted by Gasteiger charge is -2.35. The van der Waals surface area contributed by atoms with Gasteiger partial charge in [-0.3, -0.25) is 14.4 Å². The Morgan fingerprint density at radius 2 is 1.69 bits per heavy atom. The highest BCUT2D eigenvalue weighted by molar-refractivity contribution is 6.30. The molecule has 1 saturated heterocycles. The Hall–Kier alpha value is -4.55. The van der Waals surface area contributed by atoms with E-state index in [1.807, 2.05) is 30.3 Å². The Labute approximate surface area is 247 Å². The van der Waals surface area contributed by atoms with Gasteiger partial charge in [-0.2, -0.15) is 0 Å². The average Bonchev–Trinajstić information content (AvgIpc) is 2.99. The van der Waals surface area contributed by atoms with Gasteiger partial charge in [-0.05, 0) is 31.5 Å². The van der Waals surface area contributed by atoms with Gasteiger partial charge in [0.1, 0.15) is 11.7 Å². The van der Waals surface area contributed by atoms with Gasteiger partial charge in [0.25, 0.3) is 5.91 Å². The van der Waals surface area contributed by atoms with Crippen molar-refractivity contribution in [1.29, 1.82) is 0 Å². The summed E-state index contributed by atoms with van der Waals surface area (Å²) in [5, 5.41) is 13.8. The third-order valence-corrected chi connectivity index (χ3v) is 6.61. The van der Waals surface area contributed by atoms with Crippen molar-refractivity contribution < 1.29 is 33.9 Å². The van der Waals surface area contributed by atoms with Gasteiger partial charge < -0.3 is 24.9 Å². The summed E-state index contributed by atoms with van der Waals surface area (Å²) in [6.07, 6.45) is -1.30. The second kappa shape index (κ2) is 14.4. The Bertz CT molecular complexity index is 1430. The number of aliphatic carboxylic acids is 1. The van der Waals surface area contributed by atoms with E-state index in [9.17, 15) is 24.3 Å². The first kappa shape index (κ1) is 30.4. The predicted octanol–water partition coefficient (Wildman–Crippen LogP) is 3.66. The molecule has 1 aliphatic heterocycles. The van der Waals surface area contributed by atoms with Crippen molar-refractivity contribution >= 4 is 35.5 Å². The molecule has 13 heteroatoms. The van der Waals surface area contributed by atoms with E-state index in [1.165, 1.54) is 16.0 Å². The van der Waals surface area contributed by atoms with E-state index >= 15 is 0 Å². The fourth-order valence-corrected chi connectivity index (χ4v) is 4.49. The topological polar surface area (TPSA) is 151 Å². The number of nitrogens with one attached hydrogen (secondary N) is 1. The highest BCUT2D eigenvalue weighted by Crippen LogP contribution is 2.25. The zero-order chi connectivity index (χ0) is 30.1. The van der Waals surface area contributed by atoms with Crippen LogP contribution in [0.3, 0.4) is 0 Å². The summed E-state index contributed by atoms with van der Waals surface area (Å²) in [5.41, 5.74) is 1.79. The van der Waals surface area contributed by atoms with Crippen molar-refractivity contribution in [2.24, 2.45) is 0 Å². The van der Waals surface area contributed by atoms with Crippen molar-refractivity contribution in [3.63, 3.8) is 0 Å². The minimum Gasteiger partial charge on any atom is -0.481 e. The largest absolute Gasteiger partial charge is 0.527 e. The van der Waals surface area contributed by atoms with Crippen LogP contribution in [0.25, 0.3) is 22.6 Å². The Kier molecular flexibility index (Phi) is 10.4. The fourth-order valence-electron chi connectivity index (χ4n) is 4.30. The number of aromatic nitrogens is 2. The normalized spacial score (nSPS) is 14.1. The smallest absolute Gasteiger partial charge is 0.481 e. The van der Waals surface area contributed by atoms with Crippen LogP contribution in [-0.2, 0) is 19.2 Å². The molecule has 220 valence electrons. The summed E-state index contributed by atoms with van der Waals surface area (Å²) in [5.74, 6) is -1.92. The number of carbonyl (C=O) groups excluding carboxylic acids is 3. The average molecular weight is 596 g/mol. The summed E-state index contributed by atoms with van der Waals surface area (Å²) >= 11 is 6.19. The van der Waals surface area contributed by atoms with E-state index in [0.29, 0.717) is 27.7 Å². The summed E-state index contributed by atoms with van der Waals surface area (Å²) in [6.45, 7) is 2.66. The lowest BCUT2D eigenvalue weighted by Crippen LogP contribution is -2.55. The van der Waals surface area contributed by atoms with Crippen molar-refractivity contribution in [1.82, 2.24) is 25.2 Å². The van der Waals surface area contributed by atoms with E-state index in [4.69, 9.17) is 21.2 Å². The highest BCUT2D eigenvalue weighted by atomic mass is 35.5. The first-order valence-electron chi connectivity index (χ1n) is 13.3. The molecule has 0 aliphatic carbocycles. The molecule has 2 N–H and O–H groups in total. The molecule has 0 saturated carbocycles. The molecule has 1 aliphatic rings. The van der Waals surface area contributed by atoms with E-state index in [1.54, 1.807) is 31.2 Å². The molecule has 0 spiro atoms. The molecule has 12 nitrogen and oxygen atoms in total. The number of hydrogen-bond acceptors (Lipinski definition) is 9. The van der Waals surface area contributed by atoms with Gasteiger partial charge in [-0.25, -0.2) is 14.8 Å². The van der Waals surface area contributed by atoms with E-state index in [2.05, 4.69) is 15.3 Å². The summed E-state index contributed by atoms with van der Waals surface area (Å²) < 4.78 is 4.77. The molecule has 2 heterocycles. The molecule has 2 amide bonds. The summed E-state index contributed by atoms with van der Waals surface area (Å²) in [7, 11) is 0. The molecule has 2 aromatic carbocycles. The number of carboxylic acid groups (broad SMARTS) is 1. The van der Waals surface area contributed by atoms with Gasteiger partial charge >= 0.3 is 12.1 Å². The summed E-state index contributed by atoms with van der Waals surface area (Å²) in [6, 6.07) is 16.5. The fraction of sp³-hybridized carbons (Fsp3) is 0.310. The molecule has 0 bridgehead atoms. The van der Waals surface area contributed by atoms with Crippen LogP contribution < -0.4 is 5.32 Å². The van der Waals surface area contributed by atoms with Crippen LogP contribution in [0.15, 0.2) is 60.7 Å². The maximum absolute atomic E-state index is 13.5. The Morgan fingerprint density at radius 3 is 2.36 bits per heavy atom. The quantitative estimate of drug-likeness (QED) is 0.332. The maximum Gasteiger partial charge on any atom is 0.527 e. The minimum atomic E-state index is -1.13. The number of benzene rings is 2. The zero-order valence-corrected chi connectivity index (χ0v) is 23.6. The Morgan fingerprint density at radius 1 is 0.976 bits per heavy atom. The van der Waals surface area contributed by atoms with Crippen LogP contribution >= 0.6 is 11.6 Å². The van der Waals surface area contributed by atoms with Crippen LogP contribution in [0.5, 0.6) is 0 Å². The second-order valence-electron chi connectivity index (χ2n) is 9.33. The molecule has 42 heavy (non-hydrogen) atoms. The third-order valence-electron chi connectivity index (χ3n) is 6.38.